The highest BCUT2D eigenvalue weighted by Crippen LogP contribution is 2.08. The molecule has 0 aliphatic carbocycles. The van der Waals surface area contributed by atoms with Crippen molar-refractivity contribution in [2.75, 3.05) is 13.1 Å². The normalized spacial score (nSPS) is 18.8. The van der Waals surface area contributed by atoms with Gasteiger partial charge in [0.1, 0.15) is 0 Å². The first-order chi connectivity index (χ1) is 8.74. The number of nitrogens with zero attached hydrogens (tertiary/aromatic N) is 2. The number of carbonyl (C=O) groups excluding carboxylic acids is 1. The zero-order valence-electron chi connectivity index (χ0n) is 11.7. The topological polar surface area (TPSA) is 59.0 Å². The number of imidazole rings is 1. The van der Waals surface area contributed by atoms with Gasteiger partial charge in [0.2, 0.25) is 5.91 Å². The highest BCUT2D eigenvalue weighted by atomic mass is 35.5. The summed E-state index contributed by atoms with van der Waals surface area (Å²) in [5.41, 5.74) is 0. The van der Waals surface area contributed by atoms with E-state index in [0.29, 0.717) is 18.4 Å². The lowest BCUT2D eigenvalue weighted by molar-refractivity contribution is -0.121. The van der Waals surface area contributed by atoms with Crippen molar-refractivity contribution in [2.24, 2.45) is 5.92 Å². The molecule has 1 aliphatic rings. The Morgan fingerprint density at radius 3 is 2.95 bits per heavy atom. The maximum absolute atomic E-state index is 11.7. The second-order valence-corrected chi connectivity index (χ2v) is 5.17. The van der Waals surface area contributed by atoms with E-state index in [0.717, 1.165) is 26.1 Å². The average Bonchev–Trinajstić information content (AvgIpc) is 2.99. The molecule has 2 unspecified atom stereocenters. The van der Waals surface area contributed by atoms with Crippen molar-refractivity contribution in [3.63, 3.8) is 0 Å². The fourth-order valence-corrected chi connectivity index (χ4v) is 2.33. The summed E-state index contributed by atoms with van der Waals surface area (Å²) in [4.78, 5) is 15.7. The Hall–Kier alpha value is -0.780. The van der Waals surface area contributed by atoms with Crippen LogP contribution < -0.4 is 10.6 Å². The lowest BCUT2D eigenvalue weighted by Crippen LogP contribution is -2.34. The summed E-state index contributed by atoms with van der Waals surface area (Å²) in [6, 6.07) is 0.383. The number of hydrogen-bond acceptors (Lipinski definition) is 3. The molecule has 0 saturated carbocycles. The summed E-state index contributed by atoms with van der Waals surface area (Å²) < 4.78 is 2.04. The zero-order chi connectivity index (χ0) is 12.8. The van der Waals surface area contributed by atoms with Crippen LogP contribution in [0.15, 0.2) is 18.7 Å². The van der Waals surface area contributed by atoms with Crippen LogP contribution in [-0.4, -0.2) is 34.6 Å². The van der Waals surface area contributed by atoms with Crippen LogP contribution in [0.25, 0.3) is 0 Å². The Bertz CT molecular complexity index is 366. The lowest BCUT2D eigenvalue weighted by Gasteiger charge is -2.15. The van der Waals surface area contributed by atoms with E-state index in [1.54, 1.807) is 12.5 Å². The van der Waals surface area contributed by atoms with E-state index in [-0.39, 0.29) is 30.7 Å². The smallest absolute Gasteiger partial charge is 0.221 e. The predicted molar refractivity (Wildman–Crippen MR) is 84.5 cm³/mol. The first kappa shape index (κ1) is 19.2. The molecule has 2 atom stereocenters. The van der Waals surface area contributed by atoms with Crippen molar-refractivity contribution in [2.45, 2.75) is 38.8 Å². The van der Waals surface area contributed by atoms with Gasteiger partial charge in [-0.15, -0.1) is 24.8 Å². The second-order valence-electron chi connectivity index (χ2n) is 5.17. The predicted octanol–water partition coefficient (Wildman–Crippen LogP) is 1.62. The molecular weight excluding hydrogens is 299 g/mol. The molecule has 1 aromatic rings. The molecule has 0 aromatic carbocycles. The third kappa shape index (κ3) is 6.59. The molecule has 2 N–H and O–H groups in total. The van der Waals surface area contributed by atoms with Crippen molar-refractivity contribution in [3.05, 3.63) is 18.7 Å². The molecule has 20 heavy (non-hydrogen) atoms. The van der Waals surface area contributed by atoms with Crippen molar-refractivity contribution >= 4 is 30.7 Å². The Kier molecular flexibility index (Phi) is 9.63. The van der Waals surface area contributed by atoms with Gasteiger partial charge in [0.15, 0.2) is 0 Å². The van der Waals surface area contributed by atoms with E-state index < -0.39 is 0 Å². The van der Waals surface area contributed by atoms with Crippen LogP contribution in [-0.2, 0) is 11.3 Å². The number of nitrogens with one attached hydrogen (secondary N) is 2. The van der Waals surface area contributed by atoms with E-state index in [1.165, 1.54) is 6.42 Å². The van der Waals surface area contributed by atoms with Gasteiger partial charge in [-0.2, -0.15) is 0 Å². The van der Waals surface area contributed by atoms with Crippen molar-refractivity contribution in [3.8, 4) is 0 Å². The number of aromatic nitrogens is 2. The lowest BCUT2D eigenvalue weighted by atomic mass is 10.1. The highest BCUT2D eigenvalue weighted by molar-refractivity contribution is 5.85. The van der Waals surface area contributed by atoms with Crippen LogP contribution in [0, 0.1) is 5.92 Å². The molecule has 116 valence electrons. The molecule has 0 radical (unpaired) electrons. The second kappa shape index (κ2) is 10.0. The van der Waals surface area contributed by atoms with Gasteiger partial charge in [-0.25, -0.2) is 4.98 Å². The molecule has 5 nitrogen and oxygen atoms in total. The molecule has 1 aromatic heterocycles. The zero-order valence-corrected chi connectivity index (χ0v) is 13.4. The monoisotopic (exact) mass is 322 g/mol. The van der Waals surface area contributed by atoms with Crippen LogP contribution in [0.1, 0.15) is 26.2 Å². The van der Waals surface area contributed by atoms with Crippen LogP contribution >= 0.6 is 24.8 Å². The fraction of sp³-hybridized carbons (Fsp3) is 0.692. The Morgan fingerprint density at radius 2 is 2.35 bits per heavy atom. The summed E-state index contributed by atoms with van der Waals surface area (Å²) in [5, 5.41) is 6.35. The van der Waals surface area contributed by atoms with Gasteiger partial charge in [-0.1, -0.05) is 6.92 Å². The largest absolute Gasteiger partial charge is 0.356 e. The molecular formula is C13H24Cl2N4O. The summed E-state index contributed by atoms with van der Waals surface area (Å²) in [6.07, 6.45) is 8.45. The maximum Gasteiger partial charge on any atom is 0.221 e. The number of rotatable bonds is 6. The first-order valence-electron chi connectivity index (χ1n) is 6.70. The van der Waals surface area contributed by atoms with Gasteiger partial charge >= 0.3 is 0 Å². The molecule has 1 fully saturated rings. The summed E-state index contributed by atoms with van der Waals surface area (Å²) in [7, 11) is 0. The van der Waals surface area contributed by atoms with Gasteiger partial charge < -0.3 is 15.2 Å². The highest BCUT2D eigenvalue weighted by Gasteiger charge is 2.17. The molecule has 0 bridgehead atoms. The van der Waals surface area contributed by atoms with E-state index >= 15 is 0 Å². The number of halogens is 2. The molecule has 0 spiro atoms. The van der Waals surface area contributed by atoms with Gasteiger partial charge in [0, 0.05) is 37.9 Å². The maximum atomic E-state index is 11.7. The third-order valence-electron chi connectivity index (χ3n) is 3.32. The van der Waals surface area contributed by atoms with Crippen molar-refractivity contribution in [1.82, 2.24) is 20.2 Å². The summed E-state index contributed by atoms with van der Waals surface area (Å²) in [6.45, 7) is 4.80. The fourth-order valence-electron chi connectivity index (χ4n) is 2.33. The minimum absolute atomic E-state index is 0. The number of amides is 1. The van der Waals surface area contributed by atoms with Gasteiger partial charge in [0.05, 0.1) is 6.33 Å². The van der Waals surface area contributed by atoms with E-state index in [4.69, 9.17) is 0 Å². The quantitative estimate of drug-likeness (QED) is 0.836. The van der Waals surface area contributed by atoms with Crippen LogP contribution in [0.5, 0.6) is 0 Å². The molecule has 1 aliphatic heterocycles. The van der Waals surface area contributed by atoms with Gasteiger partial charge in [0.25, 0.3) is 0 Å². The van der Waals surface area contributed by atoms with Crippen LogP contribution in [0.4, 0.5) is 0 Å². The molecule has 2 rings (SSSR count). The van der Waals surface area contributed by atoms with Crippen molar-refractivity contribution in [1.29, 1.82) is 0 Å². The first-order valence-corrected chi connectivity index (χ1v) is 6.70. The third-order valence-corrected chi connectivity index (χ3v) is 3.32. The number of carbonyl (C=O) groups is 1. The SMILES string of the molecule is CC(CNC(=O)CC1CCCN1)Cn1ccnc1.Cl.Cl. The van der Waals surface area contributed by atoms with Gasteiger partial charge in [-0.3, -0.25) is 4.79 Å². The van der Waals surface area contributed by atoms with E-state index in [2.05, 4.69) is 22.5 Å². The molecule has 2 heterocycles. The molecule has 7 heteroatoms. The van der Waals surface area contributed by atoms with Crippen LogP contribution in [0.3, 0.4) is 0 Å². The van der Waals surface area contributed by atoms with Gasteiger partial charge in [-0.05, 0) is 25.3 Å². The Labute approximate surface area is 132 Å². The number of hydrogen-bond donors (Lipinski definition) is 2. The summed E-state index contributed by atoms with van der Waals surface area (Å²) >= 11 is 0. The Morgan fingerprint density at radius 1 is 1.55 bits per heavy atom. The minimum atomic E-state index is 0. The molecule has 1 amide bonds. The minimum Gasteiger partial charge on any atom is -0.356 e. The van der Waals surface area contributed by atoms with E-state index in [9.17, 15) is 4.79 Å². The average molecular weight is 323 g/mol. The Balaban J connectivity index is 0.00000180. The van der Waals surface area contributed by atoms with Crippen LogP contribution in [0.2, 0.25) is 0 Å². The molecule has 1 saturated heterocycles. The standard InChI is InChI=1S/C13H22N4O.2ClH/c1-11(9-17-6-5-14-10-17)8-16-13(18)7-12-3-2-4-15-12;;/h5-6,10-12,15H,2-4,7-9H2,1H3,(H,16,18);2*1H. The van der Waals surface area contributed by atoms with Crippen molar-refractivity contribution < 1.29 is 4.79 Å². The van der Waals surface area contributed by atoms with E-state index in [1.807, 2.05) is 10.8 Å². The summed E-state index contributed by atoms with van der Waals surface area (Å²) in [5.74, 6) is 0.576.